The topological polar surface area (TPSA) is 25.8 Å². The molecule has 260 valence electrons. The van der Waals surface area contributed by atoms with Crippen LogP contribution in [-0.2, 0) is 0 Å². The largest absolute Gasteiger partial charge is 0.247 e. The lowest BCUT2D eigenvalue weighted by Crippen LogP contribution is -2.20. The van der Waals surface area contributed by atoms with E-state index >= 15 is 0 Å². The number of hydrogen-bond acceptors (Lipinski definition) is 2. The van der Waals surface area contributed by atoms with Crippen molar-refractivity contribution in [1.29, 1.82) is 0 Å². The van der Waals surface area contributed by atoms with Gasteiger partial charge in [0.25, 0.3) is 0 Å². The Kier molecular flexibility index (Phi) is 8.28. The first-order chi connectivity index (χ1) is 27.1. The van der Waals surface area contributed by atoms with E-state index in [4.69, 9.17) is 9.97 Å². The van der Waals surface area contributed by atoms with Crippen LogP contribution < -0.4 is 15.9 Å². The molecule has 0 saturated heterocycles. The fourth-order valence-electron chi connectivity index (χ4n) is 8.43. The van der Waals surface area contributed by atoms with Gasteiger partial charge >= 0.3 is 0 Å². The summed E-state index contributed by atoms with van der Waals surface area (Å²) in [6.07, 6.45) is 0. The van der Waals surface area contributed by atoms with Crippen LogP contribution in [0.15, 0.2) is 188 Å². The quantitative estimate of drug-likeness (QED) is 0.0971. The number of para-hydroxylation sites is 1. The summed E-state index contributed by atoms with van der Waals surface area (Å²) in [7, 11) is -0.676. The van der Waals surface area contributed by atoms with E-state index < -0.39 is 7.92 Å². The molecule has 0 aliphatic rings. The molecule has 0 aliphatic heterocycles. The third kappa shape index (κ3) is 5.70. The van der Waals surface area contributed by atoms with Crippen molar-refractivity contribution in [2.45, 2.75) is 13.8 Å². The number of aryl methyl sites for hydroxylation is 2. The maximum atomic E-state index is 5.54. The summed E-state index contributed by atoms with van der Waals surface area (Å²) in [6.45, 7) is 4.56. The maximum absolute atomic E-state index is 5.54. The number of pyridine rings is 2. The van der Waals surface area contributed by atoms with Crippen molar-refractivity contribution in [3.8, 4) is 33.6 Å². The molecule has 0 atom stereocenters. The smallest absolute Gasteiger partial charge is 0.0791 e. The lowest BCUT2D eigenvalue weighted by Gasteiger charge is -2.21. The highest BCUT2D eigenvalue weighted by molar-refractivity contribution is 7.79. The first kappa shape index (κ1) is 33.1. The molecule has 8 aromatic carbocycles. The SMILES string of the molecule is Cc1c2c(-c3ccccc3)nc3cc(-c4ccc(P(c5ccccc5)c5ccccc5)cc4)ccc3c2c(C)c2c(-c3ccccc3)nc3ccccc3c12. The second-order valence-corrected chi connectivity index (χ2v) is 16.4. The van der Waals surface area contributed by atoms with Crippen LogP contribution in [0.2, 0.25) is 0 Å². The number of hydrogen-bond donors (Lipinski definition) is 0. The maximum Gasteiger partial charge on any atom is 0.0791 e. The molecule has 0 bridgehead atoms. The van der Waals surface area contributed by atoms with Crippen molar-refractivity contribution < 1.29 is 0 Å². The molecule has 0 unspecified atom stereocenters. The van der Waals surface area contributed by atoms with Gasteiger partial charge in [-0.25, -0.2) is 9.97 Å². The Balaban J connectivity index is 1.21. The molecular formula is C52H37N2P. The molecule has 10 aromatic rings. The molecule has 2 aromatic heterocycles. The van der Waals surface area contributed by atoms with E-state index in [1.807, 2.05) is 0 Å². The molecular weight excluding hydrogens is 684 g/mol. The molecule has 2 heterocycles. The Morgan fingerprint density at radius 2 is 0.745 bits per heavy atom. The molecule has 0 radical (unpaired) electrons. The predicted octanol–water partition coefficient (Wildman–Crippen LogP) is 12.5. The van der Waals surface area contributed by atoms with Gasteiger partial charge in [0, 0.05) is 32.7 Å². The van der Waals surface area contributed by atoms with Crippen LogP contribution >= 0.6 is 7.92 Å². The van der Waals surface area contributed by atoms with Crippen LogP contribution in [-0.4, -0.2) is 9.97 Å². The first-order valence-corrected chi connectivity index (χ1v) is 20.2. The highest BCUT2D eigenvalue weighted by Gasteiger charge is 2.23. The van der Waals surface area contributed by atoms with Gasteiger partial charge in [0.15, 0.2) is 0 Å². The van der Waals surface area contributed by atoms with Crippen LogP contribution in [0.3, 0.4) is 0 Å². The van der Waals surface area contributed by atoms with E-state index in [1.54, 1.807) is 0 Å². The minimum atomic E-state index is -0.676. The minimum absolute atomic E-state index is 0.676. The summed E-state index contributed by atoms with van der Waals surface area (Å²) >= 11 is 0. The minimum Gasteiger partial charge on any atom is -0.247 e. The van der Waals surface area contributed by atoms with Gasteiger partial charge in [0.05, 0.1) is 22.4 Å². The third-order valence-corrected chi connectivity index (χ3v) is 13.4. The Bertz CT molecular complexity index is 2980. The normalized spacial score (nSPS) is 11.6. The number of rotatable bonds is 6. The molecule has 0 aliphatic carbocycles. The average molecular weight is 721 g/mol. The Labute approximate surface area is 322 Å². The van der Waals surface area contributed by atoms with Gasteiger partial charge in [-0.15, -0.1) is 0 Å². The zero-order valence-corrected chi connectivity index (χ0v) is 31.6. The summed E-state index contributed by atoms with van der Waals surface area (Å²) in [5.74, 6) is 0. The molecule has 10 rings (SSSR count). The Hall–Kier alpha value is -6.47. The molecule has 0 saturated carbocycles. The van der Waals surface area contributed by atoms with E-state index in [1.165, 1.54) is 59.5 Å². The summed E-state index contributed by atoms with van der Waals surface area (Å²) in [5.41, 5.74) is 11.0. The van der Waals surface area contributed by atoms with E-state index in [0.29, 0.717) is 0 Å². The van der Waals surface area contributed by atoms with Gasteiger partial charge in [0.1, 0.15) is 0 Å². The fourth-order valence-corrected chi connectivity index (χ4v) is 10.7. The van der Waals surface area contributed by atoms with Crippen molar-refractivity contribution in [3.05, 3.63) is 199 Å². The van der Waals surface area contributed by atoms with E-state index in [2.05, 4.69) is 202 Å². The predicted molar refractivity (Wildman–Crippen MR) is 237 cm³/mol. The van der Waals surface area contributed by atoms with Crippen LogP contribution in [0.5, 0.6) is 0 Å². The van der Waals surface area contributed by atoms with Gasteiger partial charge in [-0.05, 0) is 82.8 Å². The zero-order chi connectivity index (χ0) is 36.9. The molecule has 3 heteroatoms. The van der Waals surface area contributed by atoms with Gasteiger partial charge in [0.2, 0.25) is 0 Å². The van der Waals surface area contributed by atoms with E-state index in [0.717, 1.165) is 44.5 Å². The second-order valence-electron chi connectivity index (χ2n) is 14.2. The van der Waals surface area contributed by atoms with Gasteiger partial charge < -0.3 is 0 Å². The number of aromatic nitrogens is 2. The van der Waals surface area contributed by atoms with Gasteiger partial charge in [-0.1, -0.05) is 176 Å². The second kappa shape index (κ2) is 13.7. The standard InChI is InChI=1S/C52H37N2P/c1-34-47-43-25-15-16-26-45(43)53-51(37-17-7-3-8-18-37)49(47)35(2)48-44-32-29-39(33-46(44)54-52(50(34)48)38-19-9-4-10-20-38)36-27-30-42(31-28-36)55(40-21-11-5-12-22-40)41-23-13-6-14-24-41/h3-33H,1-2H3. The third-order valence-electron chi connectivity index (χ3n) is 11.0. The monoisotopic (exact) mass is 720 g/mol. The summed E-state index contributed by atoms with van der Waals surface area (Å²) in [5, 5.41) is 11.2. The Morgan fingerprint density at radius 3 is 1.29 bits per heavy atom. The lowest BCUT2D eigenvalue weighted by atomic mass is 9.85. The number of fused-ring (bicyclic) bond motifs is 6. The van der Waals surface area contributed by atoms with Gasteiger partial charge in [-0.2, -0.15) is 0 Å². The van der Waals surface area contributed by atoms with E-state index in [-0.39, 0.29) is 0 Å². The summed E-state index contributed by atoms with van der Waals surface area (Å²) in [6, 6.07) is 67.7. The molecule has 2 nitrogen and oxygen atoms in total. The molecule has 0 spiro atoms. The van der Waals surface area contributed by atoms with Crippen LogP contribution in [0.4, 0.5) is 0 Å². The Morgan fingerprint density at radius 1 is 0.327 bits per heavy atom. The zero-order valence-electron chi connectivity index (χ0n) is 30.7. The average Bonchev–Trinajstić information content (AvgIpc) is 3.26. The van der Waals surface area contributed by atoms with E-state index in [9.17, 15) is 0 Å². The summed E-state index contributed by atoms with van der Waals surface area (Å²) < 4.78 is 0. The molecule has 0 N–H and O–H groups in total. The van der Waals surface area contributed by atoms with Crippen molar-refractivity contribution in [3.63, 3.8) is 0 Å². The molecule has 0 fully saturated rings. The summed E-state index contributed by atoms with van der Waals surface area (Å²) in [4.78, 5) is 10.9. The van der Waals surface area contributed by atoms with Crippen molar-refractivity contribution in [1.82, 2.24) is 9.97 Å². The number of benzene rings is 8. The van der Waals surface area contributed by atoms with Crippen LogP contribution in [0.1, 0.15) is 11.1 Å². The number of nitrogens with zero attached hydrogens (tertiary/aromatic N) is 2. The van der Waals surface area contributed by atoms with Crippen LogP contribution in [0.25, 0.3) is 77.0 Å². The fraction of sp³-hybridized carbons (Fsp3) is 0.0385. The van der Waals surface area contributed by atoms with Crippen molar-refractivity contribution >= 4 is 67.2 Å². The molecule has 0 amide bonds. The highest BCUT2D eigenvalue weighted by Crippen LogP contribution is 2.46. The highest BCUT2D eigenvalue weighted by atomic mass is 31.1. The van der Waals surface area contributed by atoms with Crippen molar-refractivity contribution in [2.24, 2.45) is 0 Å². The first-order valence-electron chi connectivity index (χ1n) is 18.8. The molecule has 55 heavy (non-hydrogen) atoms. The van der Waals surface area contributed by atoms with Gasteiger partial charge in [-0.3, -0.25) is 0 Å². The lowest BCUT2D eigenvalue weighted by molar-refractivity contribution is 1.39. The van der Waals surface area contributed by atoms with Crippen LogP contribution in [0, 0.1) is 13.8 Å². The van der Waals surface area contributed by atoms with Crippen molar-refractivity contribution in [2.75, 3.05) is 0 Å².